The number of benzene rings is 1. The lowest BCUT2D eigenvalue weighted by Gasteiger charge is -2.20. The summed E-state index contributed by atoms with van der Waals surface area (Å²) in [4.78, 5) is 19.8. The van der Waals surface area contributed by atoms with Gasteiger partial charge in [0.2, 0.25) is 5.91 Å². The van der Waals surface area contributed by atoms with Crippen LogP contribution < -0.4 is 16.8 Å². The molecule has 6 nitrogen and oxygen atoms in total. The van der Waals surface area contributed by atoms with Gasteiger partial charge in [0.1, 0.15) is 18.2 Å². The second-order valence-electron chi connectivity index (χ2n) is 4.77. The summed E-state index contributed by atoms with van der Waals surface area (Å²) >= 11 is 0. The number of fused-ring (bicyclic) bond motifs is 1. The predicted molar refractivity (Wildman–Crippen MR) is 75.4 cm³/mol. The first-order chi connectivity index (χ1) is 8.99. The van der Waals surface area contributed by atoms with Gasteiger partial charge in [0.05, 0.1) is 5.52 Å². The Labute approximate surface area is 111 Å². The number of rotatable bonds is 4. The number of carbonyl (C=O) groups is 1. The molecule has 0 aliphatic carbocycles. The molecule has 1 aromatic heterocycles. The monoisotopic (exact) mass is 259 g/mol. The molecule has 5 N–H and O–H groups in total. The lowest BCUT2D eigenvalue weighted by molar-refractivity contribution is -0.119. The van der Waals surface area contributed by atoms with Crippen molar-refractivity contribution in [3.8, 4) is 0 Å². The fourth-order valence-electron chi connectivity index (χ4n) is 1.90. The minimum atomic E-state index is -0.487. The molecule has 2 aromatic rings. The Morgan fingerprint density at radius 3 is 2.68 bits per heavy atom. The van der Waals surface area contributed by atoms with Gasteiger partial charge in [-0.3, -0.25) is 4.79 Å². The van der Waals surface area contributed by atoms with Gasteiger partial charge in [-0.25, -0.2) is 9.97 Å². The summed E-state index contributed by atoms with van der Waals surface area (Å²) in [5.41, 5.74) is 12.5. The van der Waals surface area contributed by atoms with Gasteiger partial charge in [0.25, 0.3) is 0 Å². The van der Waals surface area contributed by atoms with E-state index in [0.29, 0.717) is 11.5 Å². The highest BCUT2D eigenvalue weighted by molar-refractivity contribution is 5.93. The highest BCUT2D eigenvalue weighted by atomic mass is 16.1. The Kier molecular flexibility index (Phi) is 3.50. The fraction of sp³-hybridized carbons (Fsp3) is 0.308. The number of nitrogens with one attached hydrogen (secondary N) is 1. The van der Waals surface area contributed by atoms with E-state index in [0.717, 1.165) is 10.9 Å². The van der Waals surface area contributed by atoms with Crippen molar-refractivity contribution in [1.82, 2.24) is 9.97 Å². The highest BCUT2D eigenvalue weighted by Crippen LogP contribution is 2.23. The number of nitrogen functional groups attached to an aromatic ring is 1. The standard InChI is InChI=1S/C13H17N5O/c1-7(2)11(12(15)19)18-13-9-5-8(14)3-4-10(9)16-6-17-13/h3-7,11H,14H2,1-2H3,(H2,15,19)(H,16,17,18). The molecule has 2 rings (SSSR count). The molecule has 0 saturated heterocycles. The number of hydrogen-bond acceptors (Lipinski definition) is 5. The summed E-state index contributed by atoms with van der Waals surface area (Å²) in [5, 5.41) is 3.84. The number of primary amides is 1. The normalized spacial score (nSPS) is 12.6. The number of carbonyl (C=O) groups excluding carboxylic acids is 1. The third kappa shape index (κ3) is 2.73. The van der Waals surface area contributed by atoms with E-state index in [1.54, 1.807) is 12.1 Å². The second kappa shape index (κ2) is 5.09. The van der Waals surface area contributed by atoms with Crippen LogP contribution in [0.15, 0.2) is 24.5 Å². The Bertz CT molecular complexity index is 611. The van der Waals surface area contributed by atoms with Crippen molar-refractivity contribution in [3.63, 3.8) is 0 Å². The molecule has 19 heavy (non-hydrogen) atoms. The maximum Gasteiger partial charge on any atom is 0.240 e. The van der Waals surface area contributed by atoms with E-state index in [-0.39, 0.29) is 5.92 Å². The zero-order valence-corrected chi connectivity index (χ0v) is 10.9. The molecule has 0 bridgehead atoms. The number of nitrogens with zero attached hydrogens (tertiary/aromatic N) is 2. The maximum absolute atomic E-state index is 11.4. The van der Waals surface area contributed by atoms with Gasteiger partial charge < -0.3 is 16.8 Å². The second-order valence-corrected chi connectivity index (χ2v) is 4.77. The predicted octanol–water partition coefficient (Wildman–Crippen LogP) is 1.13. The summed E-state index contributed by atoms with van der Waals surface area (Å²) in [5.74, 6) is 0.212. The largest absolute Gasteiger partial charge is 0.399 e. The summed E-state index contributed by atoms with van der Waals surface area (Å²) in [6.45, 7) is 3.83. The first-order valence-corrected chi connectivity index (χ1v) is 6.05. The molecule has 0 radical (unpaired) electrons. The van der Waals surface area contributed by atoms with E-state index in [1.165, 1.54) is 6.33 Å². The van der Waals surface area contributed by atoms with Gasteiger partial charge >= 0.3 is 0 Å². The molecule has 1 unspecified atom stereocenters. The van der Waals surface area contributed by atoms with Crippen molar-refractivity contribution < 1.29 is 4.79 Å². The molecule has 0 saturated carbocycles. The van der Waals surface area contributed by atoms with Crippen LogP contribution >= 0.6 is 0 Å². The number of nitrogens with two attached hydrogens (primary N) is 2. The van der Waals surface area contributed by atoms with Crippen molar-refractivity contribution in [2.24, 2.45) is 11.7 Å². The molecule has 0 aliphatic heterocycles. The molecule has 6 heteroatoms. The van der Waals surface area contributed by atoms with Crippen molar-refractivity contribution in [2.75, 3.05) is 11.1 Å². The Hall–Kier alpha value is -2.37. The van der Waals surface area contributed by atoms with Crippen LogP contribution in [0.4, 0.5) is 11.5 Å². The van der Waals surface area contributed by atoms with Gasteiger partial charge in [-0.1, -0.05) is 13.8 Å². The Morgan fingerprint density at radius 1 is 1.32 bits per heavy atom. The summed E-state index contributed by atoms with van der Waals surface area (Å²) < 4.78 is 0. The zero-order chi connectivity index (χ0) is 14.0. The Balaban J connectivity index is 2.44. The van der Waals surface area contributed by atoms with Crippen LogP contribution in [0.25, 0.3) is 10.9 Å². The van der Waals surface area contributed by atoms with Gasteiger partial charge in [-0.05, 0) is 24.1 Å². The zero-order valence-electron chi connectivity index (χ0n) is 10.9. The molecule has 0 spiro atoms. The molecular formula is C13H17N5O. The number of anilines is 2. The van der Waals surface area contributed by atoms with Gasteiger partial charge in [-0.15, -0.1) is 0 Å². The van der Waals surface area contributed by atoms with E-state index in [4.69, 9.17) is 11.5 Å². The number of hydrogen-bond donors (Lipinski definition) is 3. The Morgan fingerprint density at radius 2 is 2.05 bits per heavy atom. The smallest absolute Gasteiger partial charge is 0.240 e. The van der Waals surface area contributed by atoms with Crippen LogP contribution in [0.3, 0.4) is 0 Å². The summed E-state index contributed by atoms with van der Waals surface area (Å²) in [7, 11) is 0. The van der Waals surface area contributed by atoms with Crippen molar-refractivity contribution in [1.29, 1.82) is 0 Å². The lowest BCUT2D eigenvalue weighted by atomic mass is 10.0. The first kappa shape index (κ1) is 13.1. The summed E-state index contributed by atoms with van der Waals surface area (Å²) in [6, 6.07) is 4.87. The van der Waals surface area contributed by atoms with Crippen molar-refractivity contribution >= 4 is 28.3 Å². The molecule has 1 aromatic carbocycles. The average Bonchev–Trinajstić information content (AvgIpc) is 2.35. The lowest BCUT2D eigenvalue weighted by Crippen LogP contribution is -2.39. The van der Waals surface area contributed by atoms with Crippen LogP contribution in [0.2, 0.25) is 0 Å². The molecule has 0 aliphatic rings. The molecule has 1 atom stereocenters. The van der Waals surface area contributed by atoms with E-state index in [2.05, 4.69) is 15.3 Å². The number of aromatic nitrogens is 2. The first-order valence-electron chi connectivity index (χ1n) is 6.05. The third-order valence-corrected chi connectivity index (χ3v) is 2.92. The SMILES string of the molecule is CC(C)C(Nc1ncnc2ccc(N)cc12)C(N)=O. The fourth-order valence-corrected chi connectivity index (χ4v) is 1.90. The van der Waals surface area contributed by atoms with Crippen molar-refractivity contribution in [2.45, 2.75) is 19.9 Å². The topological polar surface area (TPSA) is 107 Å². The average molecular weight is 259 g/mol. The van der Waals surface area contributed by atoms with Crippen LogP contribution in [0.1, 0.15) is 13.8 Å². The van der Waals surface area contributed by atoms with E-state index in [1.807, 2.05) is 19.9 Å². The molecule has 1 amide bonds. The minimum absolute atomic E-state index is 0.0589. The molecule has 0 fully saturated rings. The van der Waals surface area contributed by atoms with Gasteiger partial charge in [0.15, 0.2) is 0 Å². The molecular weight excluding hydrogens is 242 g/mol. The summed E-state index contributed by atoms with van der Waals surface area (Å²) in [6.07, 6.45) is 1.44. The van der Waals surface area contributed by atoms with Crippen LogP contribution in [0.5, 0.6) is 0 Å². The van der Waals surface area contributed by atoms with E-state index in [9.17, 15) is 4.79 Å². The van der Waals surface area contributed by atoms with E-state index < -0.39 is 11.9 Å². The quantitative estimate of drug-likeness (QED) is 0.713. The van der Waals surface area contributed by atoms with Crippen LogP contribution in [0, 0.1) is 5.92 Å². The molecule has 100 valence electrons. The number of amides is 1. The highest BCUT2D eigenvalue weighted by Gasteiger charge is 2.20. The van der Waals surface area contributed by atoms with E-state index >= 15 is 0 Å². The third-order valence-electron chi connectivity index (χ3n) is 2.92. The maximum atomic E-state index is 11.4. The van der Waals surface area contributed by atoms with Gasteiger partial charge in [-0.2, -0.15) is 0 Å². The van der Waals surface area contributed by atoms with Gasteiger partial charge in [0, 0.05) is 11.1 Å². The minimum Gasteiger partial charge on any atom is -0.399 e. The van der Waals surface area contributed by atoms with Crippen LogP contribution in [-0.4, -0.2) is 21.9 Å². The van der Waals surface area contributed by atoms with Crippen LogP contribution in [-0.2, 0) is 4.79 Å². The molecule has 1 heterocycles. The van der Waals surface area contributed by atoms with Crippen molar-refractivity contribution in [3.05, 3.63) is 24.5 Å².